The molecule has 4 heteroatoms. The van der Waals surface area contributed by atoms with Gasteiger partial charge in [0.2, 0.25) is 0 Å². The summed E-state index contributed by atoms with van der Waals surface area (Å²) >= 11 is 1.64. The van der Waals surface area contributed by atoms with Gasteiger partial charge in [-0.05, 0) is 25.3 Å². The third-order valence-corrected chi connectivity index (χ3v) is 5.13. The van der Waals surface area contributed by atoms with Gasteiger partial charge in [0, 0.05) is 27.6 Å². The predicted octanol–water partition coefficient (Wildman–Crippen LogP) is 3.33. The topological polar surface area (TPSA) is 30.0 Å². The molecule has 1 heterocycles. The summed E-state index contributed by atoms with van der Waals surface area (Å²) < 4.78 is 11.9. The summed E-state index contributed by atoms with van der Waals surface area (Å²) in [6.45, 7) is 1.98. The van der Waals surface area contributed by atoms with Crippen LogP contribution in [-0.4, -0.2) is 14.9 Å². The largest absolute Gasteiger partial charge is 0.259 e. The van der Waals surface area contributed by atoms with Crippen LogP contribution in [0.2, 0.25) is 0 Å². The van der Waals surface area contributed by atoms with Crippen molar-refractivity contribution in [3.05, 3.63) is 52.0 Å². The van der Waals surface area contributed by atoms with Gasteiger partial charge in [-0.15, -0.1) is 11.3 Å². The molecule has 2 rings (SSSR count). The lowest BCUT2D eigenvalue weighted by Gasteiger charge is -2.01. The van der Waals surface area contributed by atoms with E-state index in [4.69, 9.17) is 0 Å². The molecule has 0 spiro atoms. The van der Waals surface area contributed by atoms with E-state index in [1.807, 2.05) is 31.3 Å². The van der Waals surface area contributed by atoms with Crippen molar-refractivity contribution in [3.8, 4) is 0 Å². The van der Waals surface area contributed by atoms with Crippen molar-refractivity contribution in [2.75, 3.05) is 5.75 Å². The molecule has 0 fully saturated rings. The highest BCUT2D eigenvalue weighted by atomic mass is 32.2. The SMILES string of the molecule is Cc1ncc(C[S@@](=O)CCCc2ccccc2)s1. The maximum Gasteiger partial charge on any atom is 0.0897 e. The molecule has 96 valence electrons. The smallest absolute Gasteiger partial charge is 0.0897 e. The Balaban J connectivity index is 1.72. The summed E-state index contributed by atoms with van der Waals surface area (Å²) in [6.07, 6.45) is 3.83. The first-order valence-corrected chi connectivity index (χ1v) is 8.35. The number of thiazole rings is 1. The van der Waals surface area contributed by atoms with Crippen molar-refractivity contribution in [2.24, 2.45) is 0 Å². The van der Waals surface area contributed by atoms with E-state index < -0.39 is 10.8 Å². The molecule has 0 radical (unpaired) electrons. The van der Waals surface area contributed by atoms with E-state index in [9.17, 15) is 4.21 Å². The highest BCUT2D eigenvalue weighted by Crippen LogP contribution is 2.14. The molecule has 0 N–H and O–H groups in total. The highest BCUT2D eigenvalue weighted by molar-refractivity contribution is 7.84. The molecule has 0 amide bonds. The van der Waals surface area contributed by atoms with Gasteiger partial charge in [-0.3, -0.25) is 4.21 Å². The fraction of sp³-hybridized carbons (Fsp3) is 0.357. The van der Waals surface area contributed by atoms with Gasteiger partial charge in [0.15, 0.2) is 0 Å². The Morgan fingerprint density at radius 1 is 1.28 bits per heavy atom. The lowest BCUT2D eigenvalue weighted by atomic mass is 10.1. The van der Waals surface area contributed by atoms with Crippen molar-refractivity contribution in [3.63, 3.8) is 0 Å². The van der Waals surface area contributed by atoms with Gasteiger partial charge in [-0.1, -0.05) is 30.3 Å². The Kier molecular flexibility index (Phi) is 5.08. The Morgan fingerprint density at radius 3 is 2.72 bits per heavy atom. The molecule has 0 saturated heterocycles. The Hall–Kier alpha value is -1.00. The Morgan fingerprint density at radius 2 is 2.06 bits per heavy atom. The van der Waals surface area contributed by atoms with Crippen LogP contribution in [0, 0.1) is 6.92 Å². The molecule has 2 nitrogen and oxygen atoms in total. The summed E-state index contributed by atoms with van der Waals surface area (Å²) in [5.41, 5.74) is 1.32. The van der Waals surface area contributed by atoms with E-state index in [2.05, 4.69) is 17.1 Å². The van der Waals surface area contributed by atoms with Crippen LogP contribution < -0.4 is 0 Å². The van der Waals surface area contributed by atoms with Crippen LogP contribution in [0.4, 0.5) is 0 Å². The van der Waals surface area contributed by atoms with Gasteiger partial charge in [0.25, 0.3) is 0 Å². The van der Waals surface area contributed by atoms with Crippen LogP contribution in [0.15, 0.2) is 36.5 Å². The van der Waals surface area contributed by atoms with Gasteiger partial charge in [0.1, 0.15) is 0 Å². The fourth-order valence-corrected chi connectivity index (χ4v) is 4.01. The number of benzene rings is 1. The molecule has 0 aliphatic rings. The van der Waals surface area contributed by atoms with Gasteiger partial charge >= 0.3 is 0 Å². The van der Waals surface area contributed by atoms with Crippen LogP contribution in [0.25, 0.3) is 0 Å². The van der Waals surface area contributed by atoms with Gasteiger partial charge < -0.3 is 0 Å². The molecule has 0 saturated carbocycles. The van der Waals surface area contributed by atoms with Crippen molar-refractivity contribution < 1.29 is 4.21 Å². The van der Waals surface area contributed by atoms with E-state index >= 15 is 0 Å². The molecule has 0 aliphatic heterocycles. The van der Waals surface area contributed by atoms with Crippen molar-refractivity contribution >= 4 is 22.1 Å². The fourth-order valence-electron chi connectivity index (χ4n) is 1.78. The maximum atomic E-state index is 11.9. The summed E-state index contributed by atoms with van der Waals surface area (Å²) in [4.78, 5) is 5.31. The average molecular weight is 279 g/mol. The number of aromatic nitrogens is 1. The summed E-state index contributed by atoms with van der Waals surface area (Å²) in [5, 5.41) is 1.05. The zero-order valence-electron chi connectivity index (χ0n) is 10.5. The van der Waals surface area contributed by atoms with Crippen LogP contribution in [0.3, 0.4) is 0 Å². The predicted molar refractivity (Wildman–Crippen MR) is 78.3 cm³/mol. The zero-order valence-corrected chi connectivity index (χ0v) is 12.1. The third kappa shape index (κ3) is 4.35. The van der Waals surface area contributed by atoms with Crippen molar-refractivity contribution in [1.29, 1.82) is 0 Å². The van der Waals surface area contributed by atoms with Crippen LogP contribution >= 0.6 is 11.3 Å². The first kappa shape index (κ1) is 13.4. The van der Waals surface area contributed by atoms with Crippen LogP contribution in [0.5, 0.6) is 0 Å². The molecule has 1 atom stereocenters. The summed E-state index contributed by atoms with van der Waals surface area (Å²) in [6, 6.07) is 10.4. The minimum atomic E-state index is -0.761. The lowest BCUT2D eigenvalue weighted by Crippen LogP contribution is -2.01. The lowest BCUT2D eigenvalue weighted by molar-refractivity contribution is 0.680. The minimum Gasteiger partial charge on any atom is -0.259 e. The standard InChI is InChI=1S/C14H17NOS2/c1-12-15-10-14(17-12)11-18(16)9-5-8-13-6-3-2-4-7-13/h2-4,6-7,10H,5,8-9,11H2,1H3/t18-/m0/s1. The van der Waals surface area contributed by atoms with E-state index in [0.29, 0.717) is 5.75 Å². The first-order chi connectivity index (χ1) is 8.74. The first-order valence-electron chi connectivity index (χ1n) is 6.04. The number of nitrogens with zero attached hydrogens (tertiary/aromatic N) is 1. The second-order valence-electron chi connectivity index (χ2n) is 4.22. The molecule has 2 aromatic rings. The van der Waals surface area contributed by atoms with Gasteiger partial charge in [0.05, 0.1) is 10.8 Å². The monoisotopic (exact) mass is 279 g/mol. The molecule has 1 aromatic carbocycles. The number of rotatable bonds is 6. The summed E-state index contributed by atoms with van der Waals surface area (Å²) in [5.74, 6) is 1.42. The number of hydrogen-bond acceptors (Lipinski definition) is 3. The van der Waals surface area contributed by atoms with Crippen molar-refractivity contribution in [1.82, 2.24) is 4.98 Å². The molecule has 0 bridgehead atoms. The molecule has 18 heavy (non-hydrogen) atoms. The minimum absolute atomic E-state index is 0.653. The van der Waals surface area contributed by atoms with Gasteiger partial charge in [-0.2, -0.15) is 0 Å². The molecule has 0 unspecified atom stereocenters. The molecular formula is C14H17NOS2. The van der Waals surface area contributed by atoms with Crippen LogP contribution in [0.1, 0.15) is 21.9 Å². The number of aryl methyl sites for hydroxylation is 2. The quantitative estimate of drug-likeness (QED) is 0.812. The Bertz CT molecular complexity index is 508. The third-order valence-electron chi connectivity index (χ3n) is 2.65. The average Bonchev–Trinajstić information content (AvgIpc) is 2.76. The second-order valence-corrected chi connectivity index (χ2v) is 7.12. The normalized spacial score (nSPS) is 12.5. The molecule has 0 aliphatic carbocycles. The summed E-state index contributed by atoms with van der Waals surface area (Å²) in [7, 11) is -0.761. The van der Waals surface area contributed by atoms with Crippen LogP contribution in [-0.2, 0) is 23.0 Å². The zero-order chi connectivity index (χ0) is 12.8. The van der Waals surface area contributed by atoms with Crippen molar-refractivity contribution in [2.45, 2.75) is 25.5 Å². The Labute approximate surface area is 115 Å². The highest BCUT2D eigenvalue weighted by Gasteiger charge is 2.04. The van der Waals surface area contributed by atoms with Gasteiger partial charge in [-0.25, -0.2) is 4.98 Å². The van der Waals surface area contributed by atoms with E-state index in [-0.39, 0.29) is 0 Å². The maximum absolute atomic E-state index is 11.9. The molecular weight excluding hydrogens is 262 g/mol. The number of hydrogen-bond donors (Lipinski definition) is 0. The van der Waals surface area contributed by atoms with E-state index in [0.717, 1.165) is 28.5 Å². The molecule has 1 aromatic heterocycles. The van der Waals surface area contributed by atoms with E-state index in [1.165, 1.54) is 5.56 Å². The second kappa shape index (κ2) is 6.81. The van der Waals surface area contributed by atoms with E-state index in [1.54, 1.807) is 11.3 Å².